The molecule has 0 spiro atoms. The third-order valence-corrected chi connectivity index (χ3v) is 13.7. The molecule has 5 heterocycles. The molecule has 1 aliphatic carbocycles. The van der Waals surface area contributed by atoms with Crippen LogP contribution >= 0.6 is 0 Å². The lowest BCUT2D eigenvalue weighted by molar-refractivity contribution is 0.00568. The van der Waals surface area contributed by atoms with Crippen molar-refractivity contribution in [3.8, 4) is 11.1 Å². The molecule has 3 aromatic heterocycles. The van der Waals surface area contributed by atoms with Crippen LogP contribution in [0.5, 0.6) is 0 Å². The summed E-state index contributed by atoms with van der Waals surface area (Å²) in [5, 5.41) is 15.5. The molecule has 1 saturated carbocycles. The van der Waals surface area contributed by atoms with Crippen LogP contribution in [0.2, 0.25) is 51.4 Å². The summed E-state index contributed by atoms with van der Waals surface area (Å²) < 4.78 is 20.5. The van der Waals surface area contributed by atoms with E-state index in [1.165, 1.54) is 0 Å². The number of rotatable bonds is 14. The van der Waals surface area contributed by atoms with Gasteiger partial charge in [-0.2, -0.15) is 9.61 Å². The minimum atomic E-state index is -1.27. The van der Waals surface area contributed by atoms with E-state index >= 15 is 0 Å². The summed E-state index contributed by atoms with van der Waals surface area (Å²) >= 11 is 0. The number of amides is 1. The number of hydrogen-bond acceptors (Lipinski definition) is 9. The summed E-state index contributed by atoms with van der Waals surface area (Å²) in [4.78, 5) is 27.4. The number of aromatic nitrogens is 4. The van der Waals surface area contributed by atoms with Crippen molar-refractivity contribution in [3.63, 3.8) is 0 Å². The van der Waals surface area contributed by atoms with Crippen LogP contribution in [0.1, 0.15) is 76.6 Å². The van der Waals surface area contributed by atoms with Gasteiger partial charge in [-0.3, -0.25) is 4.98 Å². The van der Waals surface area contributed by atoms with E-state index in [2.05, 4.69) is 55.2 Å². The zero-order valence-electron chi connectivity index (χ0n) is 32.4. The number of ether oxygens (including phenoxy) is 3. The third kappa shape index (κ3) is 9.40. The van der Waals surface area contributed by atoms with Crippen LogP contribution in [-0.4, -0.2) is 96.2 Å². The smallest absolute Gasteiger partial charge is 0.410 e. The normalized spacial score (nSPS) is 21.7. The number of pyridine rings is 1. The van der Waals surface area contributed by atoms with Gasteiger partial charge in [0.15, 0.2) is 5.65 Å². The molecule has 3 aliphatic rings. The molecule has 1 amide bonds. The predicted molar refractivity (Wildman–Crippen MR) is 207 cm³/mol. The van der Waals surface area contributed by atoms with Crippen molar-refractivity contribution in [1.29, 1.82) is 0 Å². The Balaban J connectivity index is 1.35. The second-order valence-corrected chi connectivity index (χ2v) is 29.7. The van der Waals surface area contributed by atoms with Gasteiger partial charge >= 0.3 is 6.09 Å². The van der Waals surface area contributed by atoms with Gasteiger partial charge in [0.05, 0.1) is 11.9 Å². The molecule has 13 heteroatoms. The third-order valence-electron chi connectivity index (χ3n) is 10.3. The van der Waals surface area contributed by atoms with Crippen molar-refractivity contribution in [2.24, 2.45) is 0 Å². The molecule has 1 N–H and O–H groups in total. The Morgan fingerprint density at radius 2 is 1.57 bits per heavy atom. The summed E-state index contributed by atoms with van der Waals surface area (Å²) in [5.74, 6) is 1.04. The van der Waals surface area contributed by atoms with E-state index in [1.807, 2.05) is 54.7 Å². The second kappa shape index (κ2) is 14.5. The molecular weight excluding hydrogens is 677 g/mol. The number of carbonyl (C=O) groups is 1. The van der Waals surface area contributed by atoms with Crippen molar-refractivity contribution >= 4 is 33.7 Å². The number of piperidine rings is 1. The van der Waals surface area contributed by atoms with E-state index in [4.69, 9.17) is 24.3 Å². The lowest BCUT2D eigenvalue weighted by Crippen LogP contribution is -2.48. The van der Waals surface area contributed by atoms with Gasteiger partial charge < -0.3 is 29.1 Å². The molecule has 3 fully saturated rings. The number of anilines is 1. The van der Waals surface area contributed by atoms with E-state index < -0.39 is 27.3 Å². The first-order valence-electron chi connectivity index (χ1n) is 18.9. The lowest BCUT2D eigenvalue weighted by Gasteiger charge is -2.39. The van der Waals surface area contributed by atoms with E-state index in [1.54, 1.807) is 0 Å². The molecule has 6 rings (SSSR count). The first-order valence-corrected chi connectivity index (χ1v) is 26.3. The Morgan fingerprint density at radius 3 is 2.08 bits per heavy atom. The molecule has 3 aromatic rings. The molecule has 280 valence electrons. The van der Waals surface area contributed by atoms with Gasteiger partial charge in [0, 0.05) is 76.4 Å². The molecule has 2 bridgehead atoms. The second-order valence-electron chi connectivity index (χ2n) is 18.5. The first-order chi connectivity index (χ1) is 23.9. The highest BCUT2D eigenvalue weighted by Gasteiger charge is 2.46. The SMILES string of the molecule is CC(C)(C)OC(=O)N1[C@@H]2CC[C@H]1C[C@@H](c1cc(N(COCC[Si](C)(C)C)COCC[Si](C)(C)C)n3ncc(-c4ccc(C5(O)CC5)nc4)c3n1)C2. The Labute approximate surface area is 306 Å². The highest BCUT2D eigenvalue weighted by molar-refractivity contribution is 6.76. The minimum Gasteiger partial charge on any atom is -0.444 e. The largest absolute Gasteiger partial charge is 0.444 e. The number of aliphatic hydroxyl groups is 1. The minimum absolute atomic E-state index is 0.116. The quantitative estimate of drug-likeness (QED) is 0.100. The first kappa shape index (κ1) is 37.9. The average Bonchev–Trinajstić information content (AvgIpc) is 3.54. The summed E-state index contributed by atoms with van der Waals surface area (Å²) in [5.41, 5.74) is 2.91. The van der Waals surface area contributed by atoms with Crippen molar-refractivity contribution in [1.82, 2.24) is 24.5 Å². The van der Waals surface area contributed by atoms with E-state index in [9.17, 15) is 9.90 Å². The zero-order valence-corrected chi connectivity index (χ0v) is 34.4. The monoisotopic (exact) mass is 736 g/mol. The maximum atomic E-state index is 13.3. The Hall–Kier alpha value is -2.85. The van der Waals surface area contributed by atoms with E-state index in [-0.39, 0.29) is 24.1 Å². The van der Waals surface area contributed by atoms with Gasteiger partial charge in [0.1, 0.15) is 30.5 Å². The Kier molecular flexibility index (Phi) is 10.8. The van der Waals surface area contributed by atoms with Crippen LogP contribution in [0.25, 0.3) is 16.8 Å². The van der Waals surface area contributed by atoms with Crippen molar-refractivity contribution in [2.75, 3.05) is 31.6 Å². The van der Waals surface area contributed by atoms with Crippen LogP contribution < -0.4 is 4.90 Å². The van der Waals surface area contributed by atoms with Crippen LogP contribution in [0.15, 0.2) is 30.6 Å². The van der Waals surface area contributed by atoms with Crippen LogP contribution in [0.4, 0.5) is 10.6 Å². The van der Waals surface area contributed by atoms with Crippen molar-refractivity contribution in [2.45, 2.75) is 140 Å². The van der Waals surface area contributed by atoms with Gasteiger partial charge in [-0.05, 0) is 77.5 Å². The maximum absolute atomic E-state index is 13.3. The molecule has 3 atom stereocenters. The fourth-order valence-corrected chi connectivity index (χ4v) is 8.63. The highest BCUT2D eigenvalue weighted by atomic mass is 28.3. The molecule has 0 unspecified atom stereocenters. The fourth-order valence-electron chi connectivity index (χ4n) is 7.11. The van der Waals surface area contributed by atoms with Gasteiger partial charge in [-0.15, -0.1) is 0 Å². The summed E-state index contributed by atoms with van der Waals surface area (Å²) in [6.45, 7) is 22.1. The van der Waals surface area contributed by atoms with Crippen LogP contribution in [0.3, 0.4) is 0 Å². The molecule has 0 aromatic carbocycles. The summed E-state index contributed by atoms with van der Waals surface area (Å²) in [6.07, 6.45) is 8.57. The number of carbonyl (C=O) groups excluding carboxylic acids is 1. The highest BCUT2D eigenvalue weighted by Crippen LogP contribution is 2.46. The Bertz CT molecular complexity index is 1640. The van der Waals surface area contributed by atoms with E-state index in [0.717, 1.165) is 78.9 Å². The average molecular weight is 737 g/mol. The molecule has 11 nitrogen and oxygen atoms in total. The molecule has 0 radical (unpaired) electrons. The lowest BCUT2D eigenvalue weighted by atomic mass is 9.88. The van der Waals surface area contributed by atoms with Crippen LogP contribution in [0, 0.1) is 0 Å². The van der Waals surface area contributed by atoms with E-state index in [0.29, 0.717) is 32.4 Å². The van der Waals surface area contributed by atoms with Gasteiger partial charge in [-0.1, -0.05) is 45.3 Å². The van der Waals surface area contributed by atoms with Crippen molar-refractivity contribution < 1.29 is 24.1 Å². The summed E-state index contributed by atoms with van der Waals surface area (Å²) in [6, 6.07) is 8.50. The molecule has 51 heavy (non-hydrogen) atoms. The number of hydrogen-bond donors (Lipinski definition) is 1. The van der Waals surface area contributed by atoms with Gasteiger partial charge in [0.25, 0.3) is 0 Å². The maximum Gasteiger partial charge on any atom is 0.410 e. The molecule has 2 aliphatic heterocycles. The number of nitrogens with zero attached hydrogens (tertiary/aromatic N) is 6. The summed E-state index contributed by atoms with van der Waals surface area (Å²) in [7, 11) is -2.55. The predicted octanol–water partition coefficient (Wildman–Crippen LogP) is 7.85. The van der Waals surface area contributed by atoms with Crippen molar-refractivity contribution in [3.05, 3.63) is 42.0 Å². The topological polar surface area (TPSA) is 115 Å². The molecule has 2 saturated heterocycles. The van der Waals surface area contributed by atoms with Gasteiger partial charge in [0.2, 0.25) is 0 Å². The zero-order chi connectivity index (χ0) is 36.8. The fraction of sp³-hybridized carbons (Fsp3) is 0.684. The number of fused-ring (bicyclic) bond motifs is 3. The Morgan fingerprint density at radius 1 is 0.961 bits per heavy atom. The molecular formula is C38H60N6O5Si2. The van der Waals surface area contributed by atoms with Crippen LogP contribution in [-0.2, 0) is 19.8 Å². The van der Waals surface area contributed by atoms with Gasteiger partial charge in [-0.25, -0.2) is 9.78 Å². The standard InChI is InChI=1S/C38H60N6O5Si2/c1-37(2,3)49-36(45)43-29-11-12-30(43)21-28(20-29)32-22-34(42(25-47-16-18-50(4,5)6)26-48-17-19-51(7,8)9)44-35(41-32)31(24-40-44)27-10-13-33(39-23-27)38(46)14-15-38/h10,13,22-24,28-30,46H,11-12,14-21,25-26H2,1-9H3/t28-,29+,30-.